The number of hydrogen-bond donors (Lipinski definition) is 2. The molecule has 0 saturated heterocycles. The summed E-state index contributed by atoms with van der Waals surface area (Å²) >= 11 is 3.38. The van der Waals surface area contributed by atoms with Gasteiger partial charge in [0.1, 0.15) is 5.75 Å². The number of aromatic hydroxyl groups is 1. The number of amides is 1. The van der Waals surface area contributed by atoms with E-state index in [-0.39, 0.29) is 18.1 Å². The molecule has 0 unspecified atom stereocenters. The third kappa shape index (κ3) is 4.06. The lowest BCUT2D eigenvalue weighted by atomic mass is 10.0. The highest BCUT2D eigenvalue weighted by Gasteiger charge is 2.07. The van der Waals surface area contributed by atoms with Crippen molar-refractivity contribution in [3.05, 3.63) is 75.8 Å². The second-order valence-corrected chi connectivity index (χ2v) is 6.68. The van der Waals surface area contributed by atoms with Crippen molar-refractivity contribution in [1.82, 2.24) is 5.43 Å². The smallest absolute Gasteiger partial charge is 0.244 e. The molecule has 1 amide bonds. The van der Waals surface area contributed by atoms with Crippen molar-refractivity contribution < 1.29 is 9.90 Å². The van der Waals surface area contributed by atoms with Gasteiger partial charge in [-0.15, -0.1) is 0 Å². The third-order valence-corrected chi connectivity index (χ3v) is 4.38. The largest absolute Gasteiger partial charge is 0.507 e. The van der Waals surface area contributed by atoms with Crippen LogP contribution in [-0.2, 0) is 11.2 Å². The van der Waals surface area contributed by atoms with Gasteiger partial charge in [0.2, 0.25) is 5.91 Å². The van der Waals surface area contributed by atoms with E-state index in [1.165, 1.54) is 6.21 Å². The van der Waals surface area contributed by atoms with Gasteiger partial charge in [0, 0.05) is 10.0 Å². The summed E-state index contributed by atoms with van der Waals surface area (Å²) in [6.45, 7) is 1.80. The Bertz CT molecular complexity index is 962. The van der Waals surface area contributed by atoms with E-state index < -0.39 is 0 Å². The number of halogens is 1. The zero-order chi connectivity index (χ0) is 17.8. The first-order valence-electron chi connectivity index (χ1n) is 7.82. The van der Waals surface area contributed by atoms with E-state index in [0.29, 0.717) is 5.56 Å². The molecule has 3 aromatic carbocycles. The van der Waals surface area contributed by atoms with Crippen LogP contribution in [0.15, 0.2) is 64.2 Å². The number of carbonyl (C=O) groups excluding carboxylic acids is 1. The van der Waals surface area contributed by atoms with Gasteiger partial charge < -0.3 is 5.11 Å². The van der Waals surface area contributed by atoms with E-state index >= 15 is 0 Å². The monoisotopic (exact) mass is 396 g/mol. The Morgan fingerprint density at radius 3 is 2.80 bits per heavy atom. The number of phenols is 1. The molecule has 126 valence electrons. The Balaban J connectivity index is 1.71. The van der Waals surface area contributed by atoms with Crippen molar-refractivity contribution in [2.75, 3.05) is 0 Å². The quantitative estimate of drug-likeness (QED) is 0.509. The van der Waals surface area contributed by atoms with E-state index in [9.17, 15) is 9.90 Å². The maximum Gasteiger partial charge on any atom is 0.244 e. The standard InChI is InChI=1S/C20H17BrN2O2/c1-13-9-17(21)10-16(20(13)25)12-22-23-19(24)11-15-7-4-6-14-5-2-3-8-18(14)15/h2-10,12,25H,11H2,1H3,(H,23,24)/b22-12-. The molecule has 4 nitrogen and oxygen atoms in total. The van der Waals surface area contributed by atoms with Crippen LogP contribution < -0.4 is 5.43 Å². The fraction of sp³-hybridized carbons (Fsp3) is 0.100. The maximum absolute atomic E-state index is 12.2. The molecule has 0 aliphatic carbocycles. The summed E-state index contributed by atoms with van der Waals surface area (Å²) in [7, 11) is 0. The van der Waals surface area contributed by atoms with Crippen LogP contribution in [0.2, 0.25) is 0 Å². The topological polar surface area (TPSA) is 61.7 Å². The Hall–Kier alpha value is -2.66. The summed E-state index contributed by atoms with van der Waals surface area (Å²) in [6.07, 6.45) is 1.68. The van der Waals surface area contributed by atoms with E-state index in [2.05, 4.69) is 26.5 Å². The summed E-state index contributed by atoms with van der Waals surface area (Å²) in [5.74, 6) is -0.0611. The van der Waals surface area contributed by atoms with Gasteiger partial charge >= 0.3 is 0 Å². The Morgan fingerprint density at radius 1 is 1.20 bits per heavy atom. The van der Waals surface area contributed by atoms with Crippen molar-refractivity contribution in [2.45, 2.75) is 13.3 Å². The molecular formula is C20H17BrN2O2. The van der Waals surface area contributed by atoms with Gasteiger partial charge in [0.05, 0.1) is 12.6 Å². The molecule has 0 heterocycles. The van der Waals surface area contributed by atoms with Gasteiger partial charge in [-0.3, -0.25) is 4.79 Å². The Kier molecular flexibility index (Phi) is 5.14. The molecule has 25 heavy (non-hydrogen) atoms. The Labute approximate surface area is 154 Å². The zero-order valence-corrected chi connectivity index (χ0v) is 15.2. The van der Waals surface area contributed by atoms with Crippen LogP contribution in [0.25, 0.3) is 10.8 Å². The first-order chi connectivity index (χ1) is 12.0. The molecule has 5 heteroatoms. The van der Waals surface area contributed by atoms with Gasteiger partial charge in [-0.25, -0.2) is 5.43 Å². The highest BCUT2D eigenvalue weighted by Crippen LogP contribution is 2.25. The maximum atomic E-state index is 12.2. The van der Waals surface area contributed by atoms with E-state index in [1.54, 1.807) is 13.0 Å². The molecule has 0 aliphatic rings. The van der Waals surface area contributed by atoms with Crippen LogP contribution in [-0.4, -0.2) is 17.2 Å². The van der Waals surface area contributed by atoms with Crippen LogP contribution in [0.4, 0.5) is 0 Å². The Morgan fingerprint density at radius 2 is 1.96 bits per heavy atom. The first-order valence-corrected chi connectivity index (χ1v) is 8.61. The number of hydrogen-bond acceptors (Lipinski definition) is 3. The fourth-order valence-corrected chi connectivity index (χ4v) is 3.28. The number of benzene rings is 3. The van der Waals surface area contributed by atoms with Crippen molar-refractivity contribution >= 4 is 38.8 Å². The molecule has 0 bridgehead atoms. The van der Waals surface area contributed by atoms with Gasteiger partial charge in [0.25, 0.3) is 0 Å². The average Bonchev–Trinajstić information content (AvgIpc) is 2.59. The highest BCUT2D eigenvalue weighted by atomic mass is 79.9. The molecule has 0 atom stereocenters. The van der Waals surface area contributed by atoms with Crippen molar-refractivity contribution in [3.63, 3.8) is 0 Å². The second-order valence-electron chi connectivity index (χ2n) is 5.77. The summed E-state index contributed by atoms with van der Waals surface area (Å²) in [4.78, 5) is 12.2. The van der Waals surface area contributed by atoms with Crippen LogP contribution >= 0.6 is 15.9 Å². The predicted octanol–water partition coefficient (Wildman–Crippen LogP) is 4.31. The summed E-state index contributed by atoms with van der Waals surface area (Å²) in [5, 5.41) is 16.1. The minimum absolute atomic E-state index is 0.148. The van der Waals surface area contributed by atoms with Gasteiger partial charge in [0.15, 0.2) is 0 Å². The number of rotatable bonds is 4. The molecule has 3 rings (SSSR count). The molecule has 0 aromatic heterocycles. The summed E-state index contributed by atoms with van der Waals surface area (Å²) in [6, 6.07) is 17.4. The SMILES string of the molecule is Cc1cc(Br)cc(/C=N\NC(=O)Cc2cccc3ccccc23)c1O. The van der Waals surface area contributed by atoms with E-state index in [0.717, 1.165) is 26.4 Å². The average molecular weight is 397 g/mol. The molecule has 0 spiro atoms. The van der Waals surface area contributed by atoms with Gasteiger partial charge in [-0.2, -0.15) is 5.10 Å². The lowest BCUT2D eigenvalue weighted by molar-refractivity contribution is -0.120. The van der Waals surface area contributed by atoms with Crippen molar-refractivity contribution in [2.24, 2.45) is 5.10 Å². The van der Waals surface area contributed by atoms with Gasteiger partial charge in [-0.1, -0.05) is 58.4 Å². The lowest BCUT2D eigenvalue weighted by Crippen LogP contribution is -2.19. The number of nitrogens with one attached hydrogen (secondary N) is 1. The summed E-state index contributed by atoms with van der Waals surface area (Å²) in [5.41, 5.74) is 4.74. The summed E-state index contributed by atoms with van der Waals surface area (Å²) < 4.78 is 0.839. The number of hydrazone groups is 1. The van der Waals surface area contributed by atoms with Crippen LogP contribution in [0.3, 0.4) is 0 Å². The number of fused-ring (bicyclic) bond motifs is 1. The molecule has 2 N–H and O–H groups in total. The number of nitrogens with zero attached hydrogens (tertiary/aromatic N) is 1. The molecule has 0 saturated carbocycles. The first kappa shape index (κ1) is 17.2. The number of carbonyl (C=O) groups is 1. The number of phenolic OH excluding ortho intramolecular Hbond substituents is 1. The van der Waals surface area contributed by atoms with Crippen molar-refractivity contribution in [3.8, 4) is 5.75 Å². The highest BCUT2D eigenvalue weighted by molar-refractivity contribution is 9.10. The predicted molar refractivity (Wildman–Crippen MR) is 104 cm³/mol. The normalized spacial score (nSPS) is 11.1. The molecular weight excluding hydrogens is 380 g/mol. The van der Waals surface area contributed by atoms with E-state index in [1.807, 2.05) is 48.5 Å². The molecule has 0 fully saturated rings. The molecule has 0 aliphatic heterocycles. The lowest BCUT2D eigenvalue weighted by Gasteiger charge is -2.06. The van der Waals surface area contributed by atoms with Gasteiger partial charge in [-0.05, 0) is 41.0 Å². The molecule has 0 radical (unpaired) electrons. The van der Waals surface area contributed by atoms with Crippen LogP contribution in [0, 0.1) is 6.92 Å². The fourth-order valence-electron chi connectivity index (χ4n) is 2.69. The minimum atomic E-state index is -0.209. The minimum Gasteiger partial charge on any atom is -0.507 e. The number of aryl methyl sites for hydroxylation is 1. The molecule has 3 aromatic rings. The van der Waals surface area contributed by atoms with Crippen LogP contribution in [0.1, 0.15) is 16.7 Å². The second kappa shape index (κ2) is 7.49. The van der Waals surface area contributed by atoms with Crippen LogP contribution in [0.5, 0.6) is 5.75 Å². The zero-order valence-electron chi connectivity index (χ0n) is 13.7. The van der Waals surface area contributed by atoms with E-state index in [4.69, 9.17) is 0 Å². The third-order valence-electron chi connectivity index (χ3n) is 3.92. The van der Waals surface area contributed by atoms with Crippen molar-refractivity contribution in [1.29, 1.82) is 0 Å².